The topological polar surface area (TPSA) is 64.8 Å². The molecule has 2 fully saturated rings. The van der Waals surface area contributed by atoms with Gasteiger partial charge in [-0.25, -0.2) is 0 Å². The molecule has 1 aromatic carbocycles. The molecule has 0 aromatic heterocycles. The van der Waals surface area contributed by atoms with Gasteiger partial charge in [0.2, 0.25) is 0 Å². The van der Waals surface area contributed by atoms with E-state index in [2.05, 4.69) is 4.90 Å². The van der Waals surface area contributed by atoms with Gasteiger partial charge in [-0.15, -0.1) is 0 Å². The highest BCUT2D eigenvalue weighted by atomic mass is 16.6. The maximum Gasteiger partial charge on any atom is 0.292 e. The van der Waals surface area contributed by atoms with Crippen LogP contribution in [-0.2, 0) is 9.47 Å². The molecule has 23 heavy (non-hydrogen) atoms. The van der Waals surface area contributed by atoms with E-state index in [4.69, 9.17) is 9.47 Å². The van der Waals surface area contributed by atoms with Crippen molar-refractivity contribution in [1.82, 2.24) is 0 Å². The summed E-state index contributed by atoms with van der Waals surface area (Å²) in [6.45, 7) is 3.11. The molecular weight excluding hydrogens is 296 g/mol. The molecule has 6 heteroatoms. The van der Waals surface area contributed by atoms with Crippen molar-refractivity contribution >= 4 is 11.4 Å². The normalized spacial score (nSPS) is 23.0. The number of benzene rings is 1. The number of ether oxygens (including phenoxy) is 2. The summed E-state index contributed by atoms with van der Waals surface area (Å²) in [5, 5.41) is 11.1. The van der Waals surface area contributed by atoms with Crippen LogP contribution in [0.1, 0.15) is 32.1 Å². The first-order valence-electron chi connectivity index (χ1n) is 8.45. The minimum atomic E-state index is -0.307. The second kappa shape index (κ2) is 7.75. The lowest BCUT2D eigenvalue weighted by Gasteiger charge is -2.34. The van der Waals surface area contributed by atoms with Gasteiger partial charge in [-0.3, -0.25) is 10.1 Å². The van der Waals surface area contributed by atoms with Gasteiger partial charge in [0.25, 0.3) is 5.69 Å². The average Bonchev–Trinajstić information content (AvgIpc) is 2.61. The van der Waals surface area contributed by atoms with Gasteiger partial charge in [0.1, 0.15) is 5.69 Å². The van der Waals surface area contributed by atoms with Crippen molar-refractivity contribution in [1.29, 1.82) is 0 Å². The first-order chi connectivity index (χ1) is 11.2. The molecule has 0 unspecified atom stereocenters. The summed E-state index contributed by atoms with van der Waals surface area (Å²) in [7, 11) is 0. The highest BCUT2D eigenvalue weighted by Gasteiger charge is 2.25. The molecule has 126 valence electrons. The third-order valence-electron chi connectivity index (χ3n) is 4.65. The Hall–Kier alpha value is -1.66. The summed E-state index contributed by atoms with van der Waals surface area (Å²) < 4.78 is 11.7. The van der Waals surface area contributed by atoms with E-state index >= 15 is 0 Å². The molecule has 3 rings (SSSR count). The van der Waals surface area contributed by atoms with Crippen LogP contribution in [0.25, 0.3) is 0 Å². The third-order valence-corrected chi connectivity index (χ3v) is 4.65. The van der Waals surface area contributed by atoms with E-state index in [1.54, 1.807) is 12.1 Å². The smallest absolute Gasteiger partial charge is 0.292 e. The largest absolute Gasteiger partial charge is 0.376 e. The molecule has 0 amide bonds. The Bertz CT molecular complexity index is 523. The highest BCUT2D eigenvalue weighted by molar-refractivity contribution is 5.63. The summed E-state index contributed by atoms with van der Waals surface area (Å²) >= 11 is 0. The van der Waals surface area contributed by atoms with Crippen molar-refractivity contribution in [3.8, 4) is 0 Å². The average molecular weight is 320 g/mol. The van der Waals surface area contributed by atoms with Crippen LogP contribution < -0.4 is 4.90 Å². The fourth-order valence-corrected chi connectivity index (χ4v) is 3.33. The Balaban J connectivity index is 1.49. The van der Waals surface area contributed by atoms with Gasteiger partial charge in [-0.1, -0.05) is 12.1 Å². The number of nitro groups is 1. The lowest BCUT2D eigenvalue weighted by atomic mass is 10.1. The molecule has 0 saturated carbocycles. The van der Waals surface area contributed by atoms with Gasteiger partial charge in [-0.05, 0) is 38.2 Å². The number of piperidine rings is 1. The van der Waals surface area contributed by atoms with E-state index in [9.17, 15) is 10.1 Å². The molecule has 6 nitrogen and oxygen atoms in total. The zero-order chi connectivity index (χ0) is 16.1. The van der Waals surface area contributed by atoms with Gasteiger partial charge >= 0.3 is 0 Å². The Morgan fingerprint density at radius 1 is 1.22 bits per heavy atom. The van der Waals surface area contributed by atoms with E-state index in [1.165, 1.54) is 6.42 Å². The van der Waals surface area contributed by atoms with Crippen molar-refractivity contribution in [2.45, 2.75) is 44.3 Å². The van der Waals surface area contributed by atoms with Crippen LogP contribution in [0.3, 0.4) is 0 Å². The Morgan fingerprint density at radius 3 is 2.70 bits per heavy atom. The highest BCUT2D eigenvalue weighted by Crippen LogP contribution is 2.30. The Labute approximate surface area is 136 Å². The van der Waals surface area contributed by atoms with Gasteiger partial charge in [0.05, 0.1) is 23.7 Å². The molecule has 1 atom stereocenters. The number of anilines is 1. The van der Waals surface area contributed by atoms with Gasteiger partial charge in [0.15, 0.2) is 0 Å². The molecule has 2 aliphatic rings. The zero-order valence-corrected chi connectivity index (χ0v) is 13.4. The molecule has 0 bridgehead atoms. The van der Waals surface area contributed by atoms with Crippen LogP contribution in [0.5, 0.6) is 0 Å². The molecule has 2 aliphatic heterocycles. The van der Waals surface area contributed by atoms with Crippen LogP contribution in [0.2, 0.25) is 0 Å². The molecule has 1 aromatic rings. The molecule has 0 aliphatic carbocycles. The molecular formula is C17H24N2O4. The van der Waals surface area contributed by atoms with Crippen LogP contribution >= 0.6 is 0 Å². The van der Waals surface area contributed by atoms with E-state index in [0.29, 0.717) is 12.3 Å². The summed E-state index contributed by atoms with van der Waals surface area (Å²) in [4.78, 5) is 12.9. The van der Waals surface area contributed by atoms with E-state index in [1.807, 2.05) is 12.1 Å². The molecule has 2 saturated heterocycles. The minimum Gasteiger partial charge on any atom is -0.376 e. The summed E-state index contributed by atoms with van der Waals surface area (Å²) in [5.41, 5.74) is 0.897. The summed E-state index contributed by atoms with van der Waals surface area (Å²) in [5.74, 6) is 0. The van der Waals surface area contributed by atoms with Gasteiger partial charge in [0, 0.05) is 25.8 Å². The van der Waals surface area contributed by atoms with E-state index < -0.39 is 0 Å². The van der Waals surface area contributed by atoms with Crippen molar-refractivity contribution in [2.24, 2.45) is 0 Å². The molecule has 0 spiro atoms. The predicted octanol–water partition coefficient (Wildman–Crippen LogP) is 3.15. The Kier molecular flexibility index (Phi) is 5.46. The monoisotopic (exact) mass is 320 g/mol. The number of hydrogen-bond acceptors (Lipinski definition) is 5. The number of nitrogens with zero attached hydrogens (tertiary/aromatic N) is 2. The minimum absolute atomic E-state index is 0.183. The van der Waals surface area contributed by atoms with Gasteiger partial charge < -0.3 is 14.4 Å². The number of hydrogen-bond donors (Lipinski definition) is 0. The van der Waals surface area contributed by atoms with Crippen LogP contribution in [0.15, 0.2) is 24.3 Å². The first-order valence-corrected chi connectivity index (χ1v) is 8.45. The maximum absolute atomic E-state index is 11.1. The molecule has 0 radical (unpaired) electrons. The number of para-hydroxylation sites is 2. The molecule has 0 N–H and O–H groups in total. The maximum atomic E-state index is 11.1. The van der Waals surface area contributed by atoms with Crippen molar-refractivity contribution in [3.63, 3.8) is 0 Å². The van der Waals surface area contributed by atoms with Crippen LogP contribution in [-0.4, -0.2) is 43.4 Å². The number of nitro benzene ring substituents is 1. The standard InChI is InChI=1S/C17H24N2O4/c20-19(21)17-7-2-1-6-16(17)18-10-8-14(9-11-18)23-13-15-5-3-4-12-22-15/h1-2,6-7,14-15H,3-5,8-13H2/t15-/m1/s1. The van der Waals surface area contributed by atoms with Crippen LogP contribution in [0.4, 0.5) is 11.4 Å². The zero-order valence-electron chi connectivity index (χ0n) is 13.4. The third kappa shape index (κ3) is 4.20. The van der Waals surface area contributed by atoms with Crippen LogP contribution in [0, 0.1) is 10.1 Å². The quantitative estimate of drug-likeness (QED) is 0.616. The predicted molar refractivity (Wildman–Crippen MR) is 87.9 cm³/mol. The van der Waals surface area contributed by atoms with E-state index in [-0.39, 0.29) is 22.8 Å². The second-order valence-electron chi connectivity index (χ2n) is 6.25. The Morgan fingerprint density at radius 2 is 2.00 bits per heavy atom. The lowest BCUT2D eigenvalue weighted by Crippen LogP contribution is -2.38. The van der Waals surface area contributed by atoms with Crippen molar-refractivity contribution < 1.29 is 14.4 Å². The second-order valence-corrected chi connectivity index (χ2v) is 6.25. The van der Waals surface area contributed by atoms with Crippen molar-refractivity contribution in [3.05, 3.63) is 34.4 Å². The summed E-state index contributed by atoms with van der Waals surface area (Å²) in [6.07, 6.45) is 5.76. The number of rotatable bonds is 5. The fourth-order valence-electron chi connectivity index (χ4n) is 3.33. The van der Waals surface area contributed by atoms with Gasteiger partial charge in [-0.2, -0.15) is 0 Å². The first kappa shape index (κ1) is 16.2. The van der Waals surface area contributed by atoms with Crippen molar-refractivity contribution in [2.75, 3.05) is 31.2 Å². The lowest BCUT2D eigenvalue weighted by molar-refractivity contribution is -0.384. The molecule has 2 heterocycles. The SMILES string of the molecule is O=[N+]([O-])c1ccccc1N1CCC(OC[C@H]2CCCCO2)CC1. The summed E-state index contributed by atoms with van der Waals surface area (Å²) in [6, 6.07) is 6.96. The fraction of sp³-hybridized carbons (Fsp3) is 0.647. The van der Waals surface area contributed by atoms with E-state index in [0.717, 1.165) is 45.4 Å².